The number of hydrogen-bond acceptors (Lipinski definition) is 4. The van der Waals surface area contributed by atoms with Gasteiger partial charge in [0, 0.05) is 18.2 Å². The van der Waals surface area contributed by atoms with Crippen LogP contribution in [0.4, 0.5) is 5.69 Å². The molecule has 2 aromatic carbocycles. The van der Waals surface area contributed by atoms with Crippen LogP contribution < -0.4 is 19.7 Å². The topological polar surface area (TPSA) is 67.9 Å². The quantitative estimate of drug-likeness (QED) is 0.930. The van der Waals surface area contributed by atoms with Gasteiger partial charge in [-0.1, -0.05) is 30.3 Å². The fourth-order valence-corrected chi connectivity index (χ4v) is 3.27. The van der Waals surface area contributed by atoms with Gasteiger partial charge in [-0.25, -0.2) is 0 Å². The van der Waals surface area contributed by atoms with E-state index in [4.69, 9.17) is 9.47 Å². The third kappa shape index (κ3) is 2.80. The van der Waals surface area contributed by atoms with E-state index in [0.717, 1.165) is 11.3 Å². The highest BCUT2D eigenvalue weighted by Gasteiger charge is 2.39. The van der Waals surface area contributed by atoms with Crippen LogP contribution in [-0.4, -0.2) is 31.1 Å². The lowest BCUT2D eigenvalue weighted by molar-refractivity contribution is -0.126. The third-order valence-corrected chi connectivity index (χ3v) is 4.35. The number of fused-ring (bicyclic) bond motifs is 2. The maximum atomic E-state index is 12.8. The van der Waals surface area contributed by atoms with Crippen molar-refractivity contribution in [2.45, 2.75) is 19.1 Å². The van der Waals surface area contributed by atoms with Crippen LogP contribution in [0.1, 0.15) is 18.5 Å². The minimum Gasteiger partial charge on any atom is -0.486 e. The van der Waals surface area contributed by atoms with Crippen LogP contribution in [-0.2, 0) is 9.59 Å². The van der Waals surface area contributed by atoms with E-state index >= 15 is 0 Å². The number of hydrogen-bond donors (Lipinski definition) is 1. The summed E-state index contributed by atoms with van der Waals surface area (Å²) in [6.07, 6.45) is -0.275. The smallest absolute Gasteiger partial charge is 0.254 e. The zero-order valence-corrected chi connectivity index (χ0v) is 13.8. The molecule has 25 heavy (non-hydrogen) atoms. The van der Waals surface area contributed by atoms with E-state index in [-0.39, 0.29) is 17.9 Å². The lowest BCUT2D eigenvalue weighted by Gasteiger charge is -2.30. The second kappa shape index (κ2) is 6.12. The van der Waals surface area contributed by atoms with Gasteiger partial charge in [0.1, 0.15) is 12.6 Å². The van der Waals surface area contributed by atoms with Crippen molar-refractivity contribution < 1.29 is 19.1 Å². The zero-order chi connectivity index (χ0) is 17.4. The predicted molar refractivity (Wildman–Crippen MR) is 91.7 cm³/mol. The van der Waals surface area contributed by atoms with E-state index < -0.39 is 6.04 Å². The monoisotopic (exact) mass is 338 g/mol. The Morgan fingerprint density at radius 3 is 2.68 bits per heavy atom. The predicted octanol–water partition coefficient (Wildman–Crippen LogP) is 2.05. The van der Waals surface area contributed by atoms with Gasteiger partial charge in [-0.05, 0) is 18.2 Å². The summed E-state index contributed by atoms with van der Waals surface area (Å²) in [6.45, 7) is 2.14. The van der Waals surface area contributed by atoms with Crippen LogP contribution in [0.15, 0.2) is 48.5 Å². The number of anilines is 1. The summed E-state index contributed by atoms with van der Waals surface area (Å²) in [5, 5.41) is 2.73. The molecule has 0 aromatic heterocycles. The molecular formula is C19H18N2O4. The molecule has 0 spiro atoms. The first-order chi connectivity index (χ1) is 12.1. The van der Waals surface area contributed by atoms with Crippen molar-refractivity contribution >= 4 is 17.5 Å². The minimum absolute atomic E-state index is 0.154. The lowest BCUT2D eigenvalue weighted by atomic mass is 10.1. The minimum atomic E-state index is -0.648. The molecular weight excluding hydrogens is 320 g/mol. The molecule has 0 saturated heterocycles. The largest absolute Gasteiger partial charge is 0.486 e. The van der Waals surface area contributed by atoms with Crippen LogP contribution in [0.5, 0.6) is 11.5 Å². The van der Waals surface area contributed by atoms with Gasteiger partial charge in [-0.15, -0.1) is 0 Å². The summed E-state index contributed by atoms with van der Waals surface area (Å²) in [4.78, 5) is 26.0. The molecule has 4 rings (SSSR count). The average molecular weight is 338 g/mol. The van der Waals surface area contributed by atoms with E-state index in [1.54, 1.807) is 4.90 Å². The number of rotatable bonds is 3. The number of nitrogens with zero attached hydrogens (tertiary/aromatic N) is 1. The highest BCUT2D eigenvalue weighted by atomic mass is 16.6. The maximum Gasteiger partial charge on any atom is 0.254 e. The van der Waals surface area contributed by atoms with Crippen molar-refractivity contribution in [3.8, 4) is 11.5 Å². The van der Waals surface area contributed by atoms with E-state index in [1.165, 1.54) is 6.92 Å². The number of para-hydroxylation sites is 3. The number of nitrogens with one attached hydrogen (secondary N) is 1. The molecule has 0 saturated carbocycles. The van der Waals surface area contributed by atoms with Crippen molar-refractivity contribution in [1.29, 1.82) is 0 Å². The molecule has 0 unspecified atom stereocenters. The van der Waals surface area contributed by atoms with Crippen LogP contribution in [0, 0.1) is 0 Å². The molecule has 2 heterocycles. The summed E-state index contributed by atoms with van der Waals surface area (Å²) < 4.78 is 11.7. The van der Waals surface area contributed by atoms with Gasteiger partial charge in [0.2, 0.25) is 5.91 Å². The molecule has 2 aliphatic heterocycles. The molecule has 2 atom stereocenters. The number of ether oxygens (including phenoxy) is 2. The molecule has 0 aliphatic carbocycles. The first-order valence-electron chi connectivity index (χ1n) is 8.19. The van der Waals surface area contributed by atoms with Crippen molar-refractivity contribution in [3.63, 3.8) is 0 Å². The molecule has 2 aliphatic rings. The van der Waals surface area contributed by atoms with Gasteiger partial charge in [-0.2, -0.15) is 0 Å². The zero-order valence-electron chi connectivity index (χ0n) is 13.8. The Bertz CT molecular complexity index is 836. The first kappa shape index (κ1) is 15.5. The van der Waals surface area contributed by atoms with Crippen molar-refractivity contribution in [3.05, 3.63) is 54.1 Å². The standard InChI is InChI=1S/C19H18N2O4/c1-12(22)20-18-14-6-2-3-7-15(14)21(19(18)23)10-13-11-24-16-8-4-5-9-17(16)25-13/h2-9,13,18H,10-11H2,1H3,(H,20,22)/t13-,18-/m1/s1. The Balaban J connectivity index is 1.57. The molecule has 6 heteroatoms. The van der Waals surface area contributed by atoms with Gasteiger partial charge in [0.25, 0.3) is 5.91 Å². The van der Waals surface area contributed by atoms with E-state index in [9.17, 15) is 9.59 Å². The second-order valence-electron chi connectivity index (χ2n) is 6.14. The fourth-order valence-electron chi connectivity index (χ4n) is 3.27. The van der Waals surface area contributed by atoms with Gasteiger partial charge in [0.15, 0.2) is 17.6 Å². The fraction of sp³-hybridized carbons (Fsp3) is 0.263. The van der Waals surface area contributed by atoms with Gasteiger partial charge in [0.05, 0.1) is 6.54 Å². The highest BCUT2D eigenvalue weighted by molar-refractivity contribution is 6.06. The Hall–Kier alpha value is -3.02. The molecule has 0 radical (unpaired) electrons. The first-order valence-corrected chi connectivity index (χ1v) is 8.19. The molecule has 2 amide bonds. The van der Waals surface area contributed by atoms with Crippen LogP contribution >= 0.6 is 0 Å². The van der Waals surface area contributed by atoms with Crippen molar-refractivity contribution in [2.75, 3.05) is 18.1 Å². The third-order valence-electron chi connectivity index (χ3n) is 4.35. The number of carbonyl (C=O) groups is 2. The lowest BCUT2D eigenvalue weighted by Crippen LogP contribution is -2.44. The summed E-state index contributed by atoms with van der Waals surface area (Å²) >= 11 is 0. The van der Waals surface area contributed by atoms with Crippen molar-refractivity contribution in [2.24, 2.45) is 0 Å². The van der Waals surface area contributed by atoms with Crippen LogP contribution in [0.3, 0.4) is 0 Å². The normalized spacial score (nSPS) is 21.0. The Morgan fingerprint density at radius 1 is 1.16 bits per heavy atom. The van der Waals surface area contributed by atoms with Crippen LogP contribution in [0.25, 0.3) is 0 Å². The second-order valence-corrected chi connectivity index (χ2v) is 6.14. The molecule has 1 N–H and O–H groups in total. The van der Waals surface area contributed by atoms with E-state index in [2.05, 4.69) is 5.32 Å². The summed E-state index contributed by atoms with van der Waals surface area (Å²) in [5.41, 5.74) is 1.61. The Morgan fingerprint density at radius 2 is 1.88 bits per heavy atom. The molecule has 0 fully saturated rings. The highest BCUT2D eigenvalue weighted by Crippen LogP contribution is 2.37. The molecule has 128 valence electrons. The summed E-state index contributed by atoms with van der Waals surface area (Å²) in [7, 11) is 0. The summed E-state index contributed by atoms with van der Waals surface area (Å²) in [5.74, 6) is 1.00. The summed E-state index contributed by atoms with van der Waals surface area (Å²) in [6, 6.07) is 14.3. The van der Waals surface area contributed by atoms with Gasteiger partial charge >= 0.3 is 0 Å². The van der Waals surface area contributed by atoms with Crippen LogP contribution in [0.2, 0.25) is 0 Å². The van der Waals surface area contributed by atoms with E-state index in [1.807, 2.05) is 48.5 Å². The number of amides is 2. The SMILES string of the molecule is CC(=O)N[C@H]1C(=O)N(C[C@@H]2COc3ccccc3O2)c2ccccc21. The molecule has 2 aromatic rings. The average Bonchev–Trinajstić information content (AvgIpc) is 2.87. The maximum absolute atomic E-state index is 12.8. The molecule has 6 nitrogen and oxygen atoms in total. The number of carbonyl (C=O) groups excluding carboxylic acids is 2. The number of benzene rings is 2. The Labute approximate surface area is 145 Å². The van der Waals surface area contributed by atoms with E-state index in [0.29, 0.717) is 24.7 Å². The van der Waals surface area contributed by atoms with Gasteiger partial charge < -0.3 is 19.7 Å². The van der Waals surface area contributed by atoms with Gasteiger partial charge in [-0.3, -0.25) is 9.59 Å². The van der Waals surface area contributed by atoms with Crippen molar-refractivity contribution in [1.82, 2.24) is 5.32 Å². The Kier molecular flexibility index (Phi) is 3.80. The molecule has 0 bridgehead atoms.